The molecule has 1 unspecified atom stereocenters. The first-order valence-corrected chi connectivity index (χ1v) is 10.1. The molecule has 0 spiro atoms. The number of hydrogen-bond acceptors (Lipinski definition) is 3. The molecule has 0 aliphatic carbocycles. The van der Waals surface area contributed by atoms with Crippen LogP contribution in [0.2, 0.25) is 0 Å². The van der Waals surface area contributed by atoms with Crippen LogP contribution in [0.3, 0.4) is 0 Å². The number of nitrogens with zero attached hydrogens (tertiary/aromatic N) is 3. The maximum atomic E-state index is 14.0. The number of halogens is 3. The van der Waals surface area contributed by atoms with Crippen LogP contribution in [-0.4, -0.2) is 38.8 Å². The van der Waals surface area contributed by atoms with E-state index < -0.39 is 17.7 Å². The number of amides is 1. The molecule has 1 aliphatic heterocycles. The first-order valence-electron chi connectivity index (χ1n) is 10.1. The summed E-state index contributed by atoms with van der Waals surface area (Å²) >= 11 is 0. The summed E-state index contributed by atoms with van der Waals surface area (Å²) in [5, 5.41) is 14.8. The molecule has 5 nitrogen and oxygen atoms in total. The molecule has 2 aromatic carbocycles. The maximum absolute atomic E-state index is 14.0. The van der Waals surface area contributed by atoms with Gasteiger partial charge >= 0.3 is 0 Å². The quantitative estimate of drug-likeness (QED) is 0.677. The average molecular weight is 429 g/mol. The lowest BCUT2D eigenvalue weighted by atomic mass is 9.87. The lowest BCUT2D eigenvalue weighted by molar-refractivity contribution is 0.0445. The number of aliphatic hydroxyl groups is 1. The van der Waals surface area contributed by atoms with E-state index in [4.69, 9.17) is 0 Å². The Morgan fingerprint density at radius 2 is 1.74 bits per heavy atom. The average Bonchev–Trinajstić information content (AvgIpc) is 3.24. The van der Waals surface area contributed by atoms with Gasteiger partial charge in [-0.25, -0.2) is 17.9 Å². The number of aromatic nitrogens is 2. The van der Waals surface area contributed by atoms with E-state index in [1.54, 1.807) is 30.2 Å². The van der Waals surface area contributed by atoms with Crippen LogP contribution in [0, 0.1) is 30.3 Å². The first kappa shape index (κ1) is 21.1. The molecule has 4 rings (SSSR count). The van der Waals surface area contributed by atoms with E-state index in [9.17, 15) is 23.1 Å². The van der Waals surface area contributed by atoms with Crippen LogP contribution in [0.25, 0.3) is 5.69 Å². The topological polar surface area (TPSA) is 58.4 Å². The molecule has 1 N–H and O–H groups in total. The molecule has 3 aromatic rings. The zero-order valence-electron chi connectivity index (χ0n) is 16.9. The highest BCUT2D eigenvalue weighted by atomic mass is 19.1. The Bertz CT molecular complexity index is 1110. The standard InChI is InChI=1S/C23H22F3N3O2/c1-14-12-16(24)3-5-21(14)29-11-8-20(27-29)23(31)28-9-6-15(7-10-28)22(30)18-13-17(25)2-4-19(18)26/h2-5,8,11-13,15,22,30H,6-7,9-10H2,1H3. The van der Waals surface area contributed by atoms with Crippen molar-refractivity contribution in [1.29, 1.82) is 0 Å². The van der Waals surface area contributed by atoms with E-state index in [1.165, 1.54) is 16.8 Å². The molecule has 2 heterocycles. The third-order valence-electron chi connectivity index (χ3n) is 5.76. The number of aryl methyl sites for hydroxylation is 1. The number of carbonyl (C=O) groups excluding carboxylic acids is 1. The van der Waals surface area contributed by atoms with Crippen LogP contribution >= 0.6 is 0 Å². The fourth-order valence-corrected chi connectivity index (χ4v) is 4.02. The monoisotopic (exact) mass is 429 g/mol. The van der Waals surface area contributed by atoms with E-state index in [0.29, 0.717) is 37.2 Å². The van der Waals surface area contributed by atoms with Crippen LogP contribution < -0.4 is 0 Å². The molecular formula is C23H22F3N3O2. The zero-order valence-corrected chi connectivity index (χ0v) is 16.9. The number of benzene rings is 2. The third-order valence-corrected chi connectivity index (χ3v) is 5.76. The number of likely N-dealkylation sites (tertiary alicyclic amines) is 1. The fraction of sp³-hybridized carbons (Fsp3) is 0.304. The van der Waals surface area contributed by atoms with Crippen LogP contribution in [0.5, 0.6) is 0 Å². The fourth-order valence-electron chi connectivity index (χ4n) is 4.02. The van der Waals surface area contributed by atoms with E-state index in [0.717, 1.165) is 18.2 Å². The third kappa shape index (κ3) is 4.34. The minimum atomic E-state index is -1.13. The predicted octanol–water partition coefficient (Wildman–Crippen LogP) is 4.18. The van der Waals surface area contributed by atoms with Gasteiger partial charge in [0, 0.05) is 24.8 Å². The number of rotatable bonds is 4. The molecule has 1 aliphatic rings. The Labute approximate surface area is 177 Å². The van der Waals surface area contributed by atoms with Crippen molar-refractivity contribution < 1.29 is 23.1 Å². The molecule has 8 heteroatoms. The van der Waals surface area contributed by atoms with Gasteiger partial charge in [-0.3, -0.25) is 4.79 Å². The molecule has 0 radical (unpaired) electrons. The summed E-state index contributed by atoms with van der Waals surface area (Å²) in [7, 11) is 0. The van der Waals surface area contributed by atoms with Gasteiger partial charge in [0.15, 0.2) is 5.69 Å². The highest BCUT2D eigenvalue weighted by molar-refractivity contribution is 5.92. The van der Waals surface area contributed by atoms with Gasteiger partial charge in [0.2, 0.25) is 0 Å². The Morgan fingerprint density at radius 1 is 1.06 bits per heavy atom. The highest BCUT2D eigenvalue weighted by Gasteiger charge is 2.31. The molecule has 0 saturated carbocycles. The Hall–Kier alpha value is -3.13. The second-order valence-corrected chi connectivity index (χ2v) is 7.82. The summed E-state index contributed by atoms with van der Waals surface area (Å²) in [5.41, 5.74) is 1.58. The van der Waals surface area contributed by atoms with Crippen molar-refractivity contribution in [1.82, 2.24) is 14.7 Å². The molecule has 1 fully saturated rings. The molecule has 1 atom stereocenters. The van der Waals surface area contributed by atoms with Crippen molar-refractivity contribution in [3.63, 3.8) is 0 Å². The van der Waals surface area contributed by atoms with Crippen molar-refractivity contribution in [2.24, 2.45) is 5.92 Å². The van der Waals surface area contributed by atoms with Crippen LogP contribution in [-0.2, 0) is 0 Å². The second-order valence-electron chi connectivity index (χ2n) is 7.82. The van der Waals surface area contributed by atoms with Crippen LogP contribution in [0.4, 0.5) is 13.2 Å². The van der Waals surface area contributed by atoms with E-state index in [2.05, 4.69) is 5.10 Å². The van der Waals surface area contributed by atoms with E-state index in [-0.39, 0.29) is 28.9 Å². The van der Waals surface area contributed by atoms with Gasteiger partial charge in [-0.05, 0) is 73.7 Å². The Kier molecular flexibility index (Phi) is 5.82. The second kappa shape index (κ2) is 8.55. The SMILES string of the molecule is Cc1cc(F)ccc1-n1ccc(C(=O)N2CCC(C(O)c3cc(F)ccc3F)CC2)n1. The van der Waals surface area contributed by atoms with Crippen molar-refractivity contribution >= 4 is 5.91 Å². The number of hydrogen-bond donors (Lipinski definition) is 1. The summed E-state index contributed by atoms with van der Waals surface area (Å²) in [4.78, 5) is 14.5. The van der Waals surface area contributed by atoms with Crippen molar-refractivity contribution in [3.05, 3.63) is 82.9 Å². The first-order chi connectivity index (χ1) is 14.8. The maximum Gasteiger partial charge on any atom is 0.274 e. The van der Waals surface area contributed by atoms with Gasteiger partial charge in [-0.2, -0.15) is 5.10 Å². The van der Waals surface area contributed by atoms with Gasteiger partial charge in [-0.15, -0.1) is 0 Å². The molecule has 31 heavy (non-hydrogen) atoms. The zero-order chi connectivity index (χ0) is 22.1. The normalized spacial score (nSPS) is 15.8. The van der Waals surface area contributed by atoms with E-state index in [1.807, 2.05) is 0 Å². The lowest BCUT2D eigenvalue weighted by Gasteiger charge is -2.34. The number of carbonyl (C=O) groups is 1. The van der Waals surface area contributed by atoms with Crippen LogP contribution in [0.1, 0.15) is 40.6 Å². The molecule has 1 aromatic heterocycles. The van der Waals surface area contributed by atoms with Gasteiger partial charge < -0.3 is 10.0 Å². The highest BCUT2D eigenvalue weighted by Crippen LogP contribution is 2.32. The molecule has 162 valence electrons. The summed E-state index contributed by atoms with van der Waals surface area (Å²) in [6.07, 6.45) is 1.44. The van der Waals surface area contributed by atoms with Crippen LogP contribution in [0.15, 0.2) is 48.7 Å². The summed E-state index contributed by atoms with van der Waals surface area (Å²) < 4.78 is 42.3. The Morgan fingerprint density at radius 3 is 2.45 bits per heavy atom. The number of piperidine rings is 1. The predicted molar refractivity (Wildman–Crippen MR) is 108 cm³/mol. The summed E-state index contributed by atoms with van der Waals surface area (Å²) in [6.45, 7) is 2.51. The summed E-state index contributed by atoms with van der Waals surface area (Å²) in [6, 6.07) is 8.98. The largest absolute Gasteiger partial charge is 0.388 e. The van der Waals surface area contributed by atoms with Crippen molar-refractivity contribution in [2.45, 2.75) is 25.9 Å². The molecule has 0 bridgehead atoms. The molecular weight excluding hydrogens is 407 g/mol. The van der Waals surface area contributed by atoms with Gasteiger partial charge in [0.25, 0.3) is 5.91 Å². The van der Waals surface area contributed by atoms with E-state index >= 15 is 0 Å². The van der Waals surface area contributed by atoms with Gasteiger partial charge in [0.05, 0.1) is 11.8 Å². The van der Waals surface area contributed by atoms with Gasteiger partial charge in [-0.1, -0.05) is 0 Å². The minimum Gasteiger partial charge on any atom is -0.388 e. The molecule has 1 amide bonds. The van der Waals surface area contributed by atoms with Gasteiger partial charge in [0.1, 0.15) is 17.5 Å². The minimum absolute atomic E-state index is 0.0572. The lowest BCUT2D eigenvalue weighted by Crippen LogP contribution is -2.40. The van der Waals surface area contributed by atoms with Crippen molar-refractivity contribution in [2.75, 3.05) is 13.1 Å². The molecule has 1 saturated heterocycles. The number of aliphatic hydroxyl groups excluding tert-OH is 1. The summed E-state index contributed by atoms with van der Waals surface area (Å²) in [5.74, 6) is -2.11. The smallest absolute Gasteiger partial charge is 0.274 e. The van der Waals surface area contributed by atoms with Crippen molar-refractivity contribution in [3.8, 4) is 5.69 Å². The Balaban J connectivity index is 1.42.